The first kappa shape index (κ1) is 34.2. The van der Waals surface area contributed by atoms with Crippen LogP contribution in [0.3, 0.4) is 0 Å². The highest BCUT2D eigenvalue weighted by molar-refractivity contribution is 7.29. The molecular weight excluding hydrogens is 719 g/mol. The van der Waals surface area contributed by atoms with Crippen molar-refractivity contribution in [2.24, 2.45) is 0 Å². The Balaban J connectivity index is 1.17. The molecule has 1 aliphatic carbocycles. The molecule has 0 fully saturated rings. The Hall–Kier alpha value is -5.84. The van der Waals surface area contributed by atoms with E-state index < -0.39 is 5.41 Å². The molecule has 4 heterocycles. The van der Waals surface area contributed by atoms with Gasteiger partial charge in [0.25, 0.3) is 0 Å². The minimum atomic E-state index is -0.524. The smallest absolute Gasteiger partial charge is 0.211 e. The van der Waals surface area contributed by atoms with Crippen LogP contribution in [0.5, 0.6) is 0 Å². The minimum absolute atomic E-state index is 0.134. The molecule has 1 N–H and O–H groups in total. The minimum Gasteiger partial charge on any atom is -0.354 e. The van der Waals surface area contributed by atoms with Crippen LogP contribution in [-0.2, 0) is 16.2 Å². The summed E-state index contributed by atoms with van der Waals surface area (Å²) < 4.78 is 5.35. The van der Waals surface area contributed by atoms with Gasteiger partial charge in [-0.25, -0.2) is 0 Å². The number of aromatic nitrogens is 1. The molecule has 12 rings (SSSR count). The number of rotatable bonds is 3. The van der Waals surface area contributed by atoms with Crippen LogP contribution in [0.2, 0.25) is 0 Å². The molecule has 279 valence electrons. The fourth-order valence-corrected chi connectivity index (χ4v) is 12.4. The second kappa shape index (κ2) is 11.9. The van der Waals surface area contributed by atoms with E-state index in [4.69, 9.17) is 0 Å². The third kappa shape index (κ3) is 4.45. The Morgan fingerprint density at radius 3 is 1.98 bits per heavy atom. The van der Waals surface area contributed by atoms with Gasteiger partial charge in [-0.05, 0) is 110 Å². The lowest BCUT2D eigenvalue weighted by Gasteiger charge is -2.43. The summed E-state index contributed by atoms with van der Waals surface area (Å²) in [5.74, 6) is 0. The van der Waals surface area contributed by atoms with Crippen LogP contribution in [-0.4, -0.2) is 11.8 Å². The van der Waals surface area contributed by atoms with Gasteiger partial charge in [0.05, 0.1) is 22.3 Å². The third-order valence-electron chi connectivity index (χ3n) is 14.1. The van der Waals surface area contributed by atoms with Crippen LogP contribution in [0.25, 0.3) is 48.7 Å². The average Bonchev–Trinajstić information content (AvgIpc) is 3.79. The number of benzene rings is 7. The van der Waals surface area contributed by atoms with Crippen molar-refractivity contribution in [3.8, 4) is 16.8 Å². The molecule has 0 saturated carbocycles. The van der Waals surface area contributed by atoms with Crippen molar-refractivity contribution < 1.29 is 0 Å². The summed E-state index contributed by atoms with van der Waals surface area (Å²) in [4.78, 5) is 0. The molecule has 0 atom stereocenters. The highest BCUT2D eigenvalue weighted by Crippen LogP contribution is 2.56. The van der Waals surface area contributed by atoms with Gasteiger partial charge in [-0.15, -0.1) is 11.3 Å². The first-order valence-corrected chi connectivity index (χ1v) is 21.6. The first-order chi connectivity index (χ1) is 28.2. The van der Waals surface area contributed by atoms with E-state index in [1.54, 1.807) is 0 Å². The summed E-state index contributed by atoms with van der Waals surface area (Å²) in [7, 11) is 2.53. The lowest BCUT2D eigenvalue weighted by atomic mass is 9.60. The summed E-state index contributed by atoms with van der Waals surface area (Å²) in [6.07, 6.45) is 2.41. The number of fused-ring (bicyclic) bond motifs is 10. The Kier molecular flexibility index (Phi) is 7.00. The van der Waals surface area contributed by atoms with Crippen LogP contribution in [0.15, 0.2) is 146 Å². The second-order valence-electron chi connectivity index (χ2n) is 18.2. The van der Waals surface area contributed by atoms with Gasteiger partial charge in [0, 0.05) is 37.6 Å². The topological polar surface area (TPSA) is 17.0 Å². The Bertz CT molecular complexity index is 3140. The summed E-state index contributed by atoms with van der Waals surface area (Å²) in [6.45, 7) is 12.1. The Labute approximate surface area is 345 Å². The van der Waals surface area contributed by atoms with Gasteiger partial charge in [-0.3, -0.25) is 0 Å². The predicted octanol–water partition coefficient (Wildman–Crippen LogP) is 12.7. The fourth-order valence-electron chi connectivity index (χ4n) is 11.2. The molecule has 0 spiro atoms. The van der Waals surface area contributed by atoms with Crippen molar-refractivity contribution in [3.63, 3.8) is 0 Å². The molecule has 0 saturated heterocycles. The van der Waals surface area contributed by atoms with E-state index in [-0.39, 0.29) is 10.8 Å². The molecule has 9 aromatic rings. The van der Waals surface area contributed by atoms with Gasteiger partial charge < -0.3 is 9.88 Å². The van der Waals surface area contributed by atoms with E-state index in [0.29, 0.717) is 0 Å². The molecule has 0 bridgehead atoms. The molecule has 2 aliphatic heterocycles. The highest BCUT2D eigenvalue weighted by atomic mass is 32.1. The largest absolute Gasteiger partial charge is 0.354 e. The zero-order chi connectivity index (χ0) is 39.1. The Morgan fingerprint density at radius 1 is 0.603 bits per heavy atom. The molecule has 2 aromatic heterocycles. The standard InChI is InChI=1S/C54H44BN2S/c1-32-29-37(35-22-16-24-40-48(35)56-43-25-14-13-23-39(43)54(40,33-17-8-6-9-18-33)34-19-10-7-11-20-34)47-50-46(32)36-21-12-15-26-44(36)57(50)49-38-30-41-42(31-45(38)58-51(49)55-47)53(4,5)28-27-52(41,2)3/h6-26,29-31,56H,27-28H2,1-5H3. The quantitative estimate of drug-likeness (QED) is 0.177. The molecular formula is C54H44BN2S. The zero-order valence-electron chi connectivity index (χ0n) is 33.7. The van der Waals surface area contributed by atoms with Crippen LogP contribution >= 0.6 is 11.3 Å². The number of para-hydroxylation sites is 3. The van der Waals surface area contributed by atoms with Crippen molar-refractivity contribution >= 4 is 72.1 Å². The highest BCUT2D eigenvalue weighted by Gasteiger charge is 2.45. The van der Waals surface area contributed by atoms with Crippen molar-refractivity contribution in [2.45, 2.75) is 63.7 Å². The van der Waals surface area contributed by atoms with Gasteiger partial charge in [0.1, 0.15) is 0 Å². The van der Waals surface area contributed by atoms with E-state index in [2.05, 4.69) is 197 Å². The summed E-state index contributed by atoms with van der Waals surface area (Å²) in [6, 6.07) is 54.8. The van der Waals surface area contributed by atoms with E-state index in [0.717, 1.165) is 5.69 Å². The van der Waals surface area contributed by atoms with Gasteiger partial charge in [-0.1, -0.05) is 149 Å². The maximum absolute atomic E-state index is 4.05. The van der Waals surface area contributed by atoms with Gasteiger partial charge in [0.2, 0.25) is 7.28 Å². The first-order valence-electron chi connectivity index (χ1n) is 20.8. The summed E-state index contributed by atoms with van der Waals surface area (Å²) >= 11 is 1.96. The third-order valence-corrected chi connectivity index (χ3v) is 15.2. The number of hydrogen-bond acceptors (Lipinski definition) is 2. The van der Waals surface area contributed by atoms with Crippen molar-refractivity contribution in [1.29, 1.82) is 0 Å². The monoisotopic (exact) mass is 763 g/mol. The lowest BCUT2D eigenvalue weighted by Crippen LogP contribution is -2.37. The molecule has 7 aromatic carbocycles. The second-order valence-corrected chi connectivity index (χ2v) is 19.3. The number of nitrogens with zero attached hydrogens (tertiary/aromatic N) is 1. The predicted molar refractivity (Wildman–Crippen MR) is 248 cm³/mol. The van der Waals surface area contributed by atoms with E-state index in [1.807, 2.05) is 11.3 Å². The Morgan fingerprint density at radius 2 is 1.24 bits per heavy atom. The summed E-state index contributed by atoms with van der Waals surface area (Å²) in [5, 5.41) is 8.09. The maximum atomic E-state index is 4.05. The van der Waals surface area contributed by atoms with Crippen molar-refractivity contribution in [2.75, 3.05) is 5.32 Å². The molecule has 1 radical (unpaired) electrons. The van der Waals surface area contributed by atoms with Crippen LogP contribution in [0.4, 0.5) is 11.4 Å². The van der Waals surface area contributed by atoms with Crippen molar-refractivity contribution in [3.05, 3.63) is 185 Å². The van der Waals surface area contributed by atoms with Crippen LogP contribution in [0, 0.1) is 6.92 Å². The van der Waals surface area contributed by atoms with Crippen LogP contribution in [0.1, 0.15) is 79.5 Å². The van der Waals surface area contributed by atoms with Gasteiger partial charge in [-0.2, -0.15) is 0 Å². The number of nitrogens with one attached hydrogen (secondary N) is 1. The number of thiophene rings is 1. The molecule has 4 heteroatoms. The molecule has 2 nitrogen and oxygen atoms in total. The SMILES string of the molecule is Cc1cc(-c2cccc3c2Nc2ccccc2C3(c2ccccc2)c2ccccc2)c2c3c1c1ccccc1n3-c1c(sc3cc4c(cc13)C(C)(C)CCC4(C)C)[B]2. The zero-order valence-corrected chi connectivity index (χ0v) is 34.5. The van der Waals surface area contributed by atoms with Crippen LogP contribution < -0.4 is 15.6 Å². The molecule has 0 unspecified atom stereocenters. The maximum Gasteiger partial charge on any atom is 0.211 e. The number of hydrogen-bond donors (Lipinski definition) is 1. The molecule has 0 amide bonds. The fraction of sp³-hybridized carbons (Fsp3) is 0.185. The number of aryl methyl sites for hydroxylation is 1. The van der Waals surface area contributed by atoms with E-state index in [1.165, 1.54) is 116 Å². The lowest BCUT2D eigenvalue weighted by molar-refractivity contribution is 0.332. The van der Waals surface area contributed by atoms with Gasteiger partial charge >= 0.3 is 0 Å². The normalized spacial score (nSPS) is 16.6. The summed E-state index contributed by atoms with van der Waals surface area (Å²) in [5.41, 5.74) is 19.2. The van der Waals surface area contributed by atoms with E-state index >= 15 is 0 Å². The molecule has 3 aliphatic rings. The molecule has 58 heavy (non-hydrogen) atoms. The average molecular weight is 764 g/mol. The van der Waals surface area contributed by atoms with E-state index in [9.17, 15) is 0 Å². The number of anilines is 2. The van der Waals surface area contributed by atoms with Gasteiger partial charge in [0.15, 0.2) is 0 Å². The van der Waals surface area contributed by atoms with Crippen molar-refractivity contribution in [1.82, 2.24) is 4.57 Å².